The maximum atomic E-state index is 12.8. The highest BCUT2D eigenvalue weighted by Gasteiger charge is 2.30. The number of hydrogen-bond acceptors (Lipinski definition) is 3. The molecule has 0 saturated heterocycles. The van der Waals surface area contributed by atoms with E-state index in [9.17, 15) is 18.0 Å². The number of pyridine rings is 1. The summed E-state index contributed by atoms with van der Waals surface area (Å²) in [5, 5.41) is 2.71. The number of carbonyl (C=O) groups is 1. The molecule has 7 heteroatoms. The molecule has 138 valence electrons. The lowest BCUT2D eigenvalue weighted by molar-refractivity contribution is -0.137. The van der Waals surface area contributed by atoms with Crippen LogP contribution in [0.3, 0.4) is 0 Å². The van der Waals surface area contributed by atoms with Gasteiger partial charge in [0.25, 0.3) is 5.91 Å². The molecule has 3 rings (SSSR count). The minimum atomic E-state index is -4.49. The summed E-state index contributed by atoms with van der Waals surface area (Å²) >= 11 is 0. The molecule has 0 unspecified atom stereocenters. The number of nitrogens with one attached hydrogen (secondary N) is 1. The maximum absolute atomic E-state index is 12.8. The summed E-state index contributed by atoms with van der Waals surface area (Å²) in [6, 6.07) is 14.6. The number of hydrogen-bond donors (Lipinski definition) is 1. The molecular weight excluding hydrogens is 357 g/mol. The van der Waals surface area contributed by atoms with Crippen molar-refractivity contribution < 1.29 is 22.7 Å². The van der Waals surface area contributed by atoms with Gasteiger partial charge in [0, 0.05) is 11.9 Å². The molecule has 4 nitrogen and oxygen atoms in total. The molecule has 0 atom stereocenters. The number of amides is 1. The Labute approximate surface area is 153 Å². The molecule has 3 aromatic rings. The van der Waals surface area contributed by atoms with Crippen LogP contribution in [-0.2, 0) is 6.18 Å². The van der Waals surface area contributed by atoms with Gasteiger partial charge in [-0.3, -0.25) is 4.79 Å². The second-order valence-electron chi connectivity index (χ2n) is 5.80. The molecular formula is C20H15F3N2O2. The number of nitrogens with zero attached hydrogens (tertiary/aromatic N) is 1. The Morgan fingerprint density at radius 1 is 1.04 bits per heavy atom. The van der Waals surface area contributed by atoms with E-state index in [-0.39, 0.29) is 17.2 Å². The van der Waals surface area contributed by atoms with E-state index in [4.69, 9.17) is 4.74 Å². The molecule has 2 aromatic carbocycles. The average molecular weight is 372 g/mol. The number of aromatic nitrogens is 1. The topological polar surface area (TPSA) is 51.2 Å². The van der Waals surface area contributed by atoms with Gasteiger partial charge >= 0.3 is 6.18 Å². The van der Waals surface area contributed by atoms with Crippen molar-refractivity contribution >= 4 is 11.6 Å². The van der Waals surface area contributed by atoms with Crippen molar-refractivity contribution in [2.45, 2.75) is 13.1 Å². The molecule has 0 aliphatic heterocycles. The van der Waals surface area contributed by atoms with Gasteiger partial charge in [0.1, 0.15) is 11.3 Å². The van der Waals surface area contributed by atoms with Crippen LogP contribution >= 0.6 is 0 Å². The SMILES string of the molecule is Cc1ccc(NC(=O)c2cccnc2Oc2cccc(C(F)(F)F)c2)cc1. The predicted octanol–water partition coefficient (Wildman–Crippen LogP) is 5.45. The van der Waals surface area contributed by atoms with Crippen LogP contribution < -0.4 is 10.1 Å². The van der Waals surface area contributed by atoms with E-state index in [2.05, 4.69) is 10.3 Å². The molecule has 0 aliphatic carbocycles. The molecule has 0 fully saturated rings. The van der Waals surface area contributed by atoms with E-state index in [1.54, 1.807) is 18.2 Å². The summed E-state index contributed by atoms with van der Waals surface area (Å²) in [5.41, 5.74) is 0.888. The van der Waals surface area contributed by atoms with Gasteiger partial charge in [-0.15, -0.1) is 0 Å². The molecule has 0 aliphatic rings. The van der Waals surface area contributed by atoms with Gasteiger partial charge in [0.15, 0.2) is 0 Å². The van der Waals surface area contributed by atoms with Gasteiger partial charge in [-0.25, -0.2) is 4.98 Å². The molecule has 1 heterocycles. The summed E-state index contributed by atoms with van der Waals surface area (Å²) < 4.78 is 44.0. The first kappa shape index (κ1) is 18.4. The highest BCUT2D eigenvalue weighted by atomic mass is 19.4. The van der Waals surface area contributed by atoms with Gasteiger partial charge in [-0.1, -0.05) is 23.8 Å². The lowest BCUT2D eigenvalue weighted by Gasteiger charge is -2.12. The Balaban J connectivity index is 1.84. The highest BCUT2D eigenvalue weighted by molar-refractivity contribution is 6.05. The molecule has 1 N–H and O–H groups in total. The lowest BCUT2D eigenvalue weighted by atomic mass is 10.2. The number of carbonyl (C=O) groups excluding carboxylic acids is 1. The van der Waals surface area contributed by atoms with E-state index >= 15 is 0 Å². The van der Waals surface area contributed by atoms with Crippen LogP contribution in [0.1, 0.15) is 21.5 Å². The zero-order valence-corrected chi connectivity index (χ0v) is 14.2. The second kappa shape index (κ2) is 7.49. The molecule has 0 spiro atoms. The van der Waals surface area contributed by atoms with Crippen molar-refractivity contribution in [3.8, 4) is 11.6 Å². The summed E-state index contributed by atoms with van der Waals surface area (Å²) in [6.07, 6.45) is -3.10. The van der Waals surface area contributed by atoms with Crippen LogP contribution in [0, 0.1) is 6.92 Å². The van der Waals surface area contributed by atoms with Gasteiger partial charge in [0.05, 0.1) is 5.56 Å². The van der Waals surface area contributed by atoms with Crippen molar-refractivity contribution in [3.63, 3.8) is 0 Å². The standard InChI is InChI=1S/C20H15F3N2O2/c1-13-7-9-15(10-8-13)25-18(26)17-6-3-11-24-19(17)27-16-5-2-4-14(12-16)20(21,22)23/h2-12H,1H3,(H,25,26). The summed E-state index contributed by atoms with van der Waals surface area (Å²) in [5.74, 6) is -0.622. The van der Waals surface area contributed by atoms with Gasteiger partial charge in [0.2, 0.25) is 5.88 Å². The number of halogens is 3. The van der Waals surface area contributed by atoms with E-state index in [0.717, 1.165) is 17.7 Å². The Morgan fingerprint density at radius 2 is 1.78 bits per heavy atom. The minimum Gasteiger partial charge on any atom is -0.438 e. The third-order valence-corrected chi connectivity index (χ3v) is 3.70. The first-order valence-corrected chi connectivity index (χ1v) is 8.01. The number of alkyl halides is 3. The fraction of sp³-hybridized carbons (Fsp3) is 0.100. The molecule has 0 saturated carbocycles. The molecule has 27 heavy (non-hydrogen) atoms. The maximum Gasteiger partial charge on any atom is 0.416 e. The van der Waals surface area contributed by atoms with E-state index < -0.39 is 17.6 Å². The Hall–Kier alpha value is -3.35. The Morgan fingerprint density at radius 3 is 2.48 bits per heavy atom. The van der Waals surface area contributed by atoms with Crippen LogP contribution in [0.5, 0.6) is 11.6 Å². The summed E-state index contributed by atoms with van der Waals surface area (Å²) in [6.45, 7) is 1.92. The van der Waals surface area contributed by atoms with Crippen molar-refractivity contribution in [1.82, 2.24) is 4.98 Å². The van der Waals surface area contributed by atoms with Crippen LogP contribution in [0.2, 0.25) is 0 Å². The molecule has 1 aromatic heterocycles. The fourth-order valence-electron chi connectivity index (χ4n) is 2.33. The first-order valence-electron chi connectivity index (χ1n) is 8.01. The number of ether oxygens (including phenoxy) is 1. The van der Waals surface area contributed by atoms with E-state index in [1.807, 2.05) is 19.1 Å². The second-order valence-corrected chi connectivity index (χ2v) is 5.80. The van der Waals surface area contributed by atoms with Gasteiger partial charge < -0.3 is 10.1 Å². The summed E-state index contributed by atoms with van der Waals surface area (Å²) in [4.78, 5) is 16.5. The molecule has 1 amide bonds. The van der Waals surface area contributed by atoms with Crippen LogP contribution in [0.25, 0.3) is 0 Å². The smallest absolute Gasteiger partial charge is 0.416 e. The van der Waals surface area contributed by atoms with Crippen LogP contribution in [-0.4, -0.2) is 10.9 Å². The molecule has 0 radical (unpaired) electrons. The van der Waals surface area contributed by atoms with Gasteiger partial charge in [-0.05, 0) is 49.4 Å². The zero-order valence-electron chi connectivity index (χ0n) is 14.2. The Bertz CT molecular complexity index is 954. The minimum absolute atomic E-state index is 0.0621. The number of anilines is 1. The zero-order chi connectivity index (χ0) is 19.4. The van der Waals surface area contributed by atoms with Crippen molar-refractivity contribution in [2.24, 2.45) is 0 Å². The number of benzene rings is 2. The monoisotopic (exact) mass is 372 g/mol. The van der Waals surface area contributed by atoms with Crippen molar-refractivity contribution in [3.05, 3.63) is 83.6 Å². The van der Waals surface area contributed by atoms with Crippen molar-refractivity contribution in [1.29, 1.82) is 0 Å². The third-order valence-electron chi connectivity index (χ3n) is 3.70. The first-order chi connectivity index (χ1) is 12.8. The number of aryl methyl sites for hydroxylation is 1. The van der Waals surface area contributed by atoms with Crippen molar-refractivity contribution in [2.75, 3.05) is 5.32 Å². The van der Waals surface area contributed by atoms with E-state index in [0.29, 0.717) is 5.69 Å². The third kappa shape index (κ3) is 4.63. The summed E-state index contributed by atoms with van der Waals surface area (Å²) in [7, 11) is 0. The lowest BCUT2D eigenvalue weighted by Crippen LogP contribution is -2.13. The number of rotatable bonds is 4. The average Bonchev–Trinajstić information content (AvgIpc) is 2.63. The van der Waals surface area contributed by atoms with Crippen LogP contribution in [0.4, 0.5) is 18.9 Å². The largest absolute Gasteiger partial charge is 0.438 e. The Kier molecular flexibility index (Phi) is 5.12. The highest BCUT2D eigenvalue weighted by Crippen LogP contribution is 2.33. The van der Waals surface area contributed by atoms with Crippen LogP contribution in [0.15, 0.2) is 66.9 Å². The molecule has 0 bridgehead atoms. The quantitative estimate of drug-likeness (QED) is 0.662. The fourth-order valence-corrected chi connectivity index (χ4v) is 2.33. The van der Waals surface area contributed by atoms with Gasteiger partial charge in [-0.2, -0.15) is 13.2 Å². The van der Waals surface area contributed by atoms with E-state index in [1.165, 1.54) is 24.4 Å². The normalized spacial score (nSPS) is 11.1. The predicted molar refractivity (Wildman–Crippen MR) is 94.9 cm³/mol.